The Morgan fingerprint density at radius 3 is 2.25 bits per heavy atom. The topological polar surface area (TPSA) is 49.4 Å². The fourth-order valence-corrected chi connectivity index (χ4v) is 3.99. The van der Waals surface area contributed by atoms with E-state index in [0.29, 0.717) is 5.56 Å². The van der Waals surface area contributed by atoms with Crippen LogP contribution < -0.4 is 4.72 Å². The molecule has 4 nitrogen and oxygen atoms in total. The van der Waals surface area contributed by atoms with Crippen molar-refractivity contribution in [2.75, 3.05) is 6.54 Å². The molecule has 0 aliphatic carbocycles. The van der Waals surface area contributed by atoms with E-state index in [2.05, 4.69) is 4.72 Å². The highest BCUT2D eigenvalue weighted by molar-refractivity contribution is 7.87. The Bertz CT molecular complexity index is 805. The first kappa shape index (κ1) is 16.9. The Labute approximate surface area is 138 Å². The van der Waals surface area contributed by atoms with Crippen molar-refractivity contribution < 1.29 is 21.6 Å². The lowest BCUT2D eigenvalue weighted by Gasteiger charge is -2.13. The average molecular weight is 356 g/mol. The Kier molecular flexibility index (Phi) is 4.37. The van der Waals surface area contributed by atoms with Gasteiger partial charge in [-0.2, -0.15) is 30.6 Å². The average Bonchev–Trinajstić information content (AvgIpc) is 2.83. The molecular weight excluding hydrogens is 341 g/mol. The smallest absolute Gasteiger partial charge is 0.195 e. The van der Waals surface area contributed by atoms with Crippen LogP contribution in [-0.2, 0) is 22.9 Å². The normalized spacial score (nSPS) is 21.0. The fourth-order valence-electron chi connectivity index (χ4n) is 2.61. The molecule has 0 spiro atoms. The summed E-state index contributed by atoms with van der Waals surface area (Å²) in [5.74, 6) is 0. The monoisotopic (exact) mass is 356 g/mol. The van der Waals surface area contributed by atoms with Crippen molar-refractivity contribution in [1.82, 2.24) is 9.03 Å². The van der Waals surface area contributed by atoms with E-state index in [1.807, 2.05) is 30.3 Å². The summed E-state index contributed by atoms with van der Waals surface area (Å²) < 4.78 is 66.0. The van der Waals surface area contributed by atoms with Crippen LogP contribution in [0.4, 0.5) is 13.2 Å². The SMILES string of the molecule is O=S1(=O)NC(c2ccc(C(F)(F)F)cc2)CN1Cc1ccccc1. The number of nitrogens with zero attached hydrogens (tertiary/aromatic N) is 1. The van der Waals surface area contributed by atoms with Crippen LogP contribution in [0.15, 0.2) is 54.6 Å². The summed E-state index contributed by atoms with van der Waals surface area (Å²) >= 11 is 0. The molecule has 8 heteroatoms. The van der Waals surface area contributed by atoms with Gasteiger partial charge in [-0.25, -0.2) is 0 Å². The molecule has 3 rings (SSSR count). The van der Waals surface area contributed by atoms with Gasteiger partial charge in [-0.3, -0.25) is 0 Å². The summed E-state index contributed by atoms with van der Waals surface area (Å²) in [7, 11) is -3.66. The van der Waals surface area contributed by atoms with E-state index in [-0.39, 0.29) is 13.1 Å². The summed E-state index contributed by atoms with van der Waals surface area (Å²) in [4.78, 5) is 0. The predicted molar refractivity (Wildman–Crippen MR) is 83.1 cm³/mol. The van der Waals surface area contributed by atoms with Gasteiger partial charge in [0, 0.05) is 13.1 Å². The standard InChI is InChI=1S/C16H15F3N2O2S/c17-16(18,19)14-8-6-13(7-9-14)15-11-21(24(22,23)20-15)10-12-4-2-1-3-5-12/h1-9,15,20H,10-11H2. The molecule has 1 aliphatic heterocycles. The van der Waals surface area contributed by atoms with E-state index >= 15 is 0 Å². The minimum Gasteiger partial charge on any atom is -0.195 e. The molecule has 1 atom stereocenters. The van der Waals surface area contributed by atoms with Crippen molar-refractivity contribution in [2.45, 2.75) is 18.8 Å². The lowest BCUT2D eigenvalue weighted by atomic mass is 10.1. The summed E-state index contributed by atoms with van der Waals surface area (Å²) in [6, 6.07) is 13.1. The molecule has 1 fully saturated rings. The molecule has 2 aromatic rings. The molecular formula is C16H15F3N2O2S. The van der Waals surface area contributed by atoms with Crippen LogP contribution in [0.25, 0.3) is 0 Å². The Balaban J connectivity index is 1.77. The Morgan fingerprint density at radius 2 is 1.67 bits per heavy atom. The van der Waals surface area contributed by atoms with Crippen molar-refractivity contribution in [2.24, 2.45) is 0 Å². The molecule has 0 saturated carbocycles. The van der Waals surface area contributed by atoms with Crippen molar-refractivity contribution in [3.8, 4) is 0 Å². The highest BCUT2D eigenvalue weighted by Crippen LogP contribution is 2.31. The summed E-state index contributed by atoms with van der Waals surface area (Å²) in [5, 5.41) is 0. The maximum atomic E-state index is 12.6. The van der Waals surface area contributed by atoms with Crippen molar-refractivity contribution in [1.29, 1.82) is 0 Å². The quantitative estimate of drug-likeness (QED) is 0.919. The first-order valence-corrected chi connectivity index (χ1v) is 8.68. The van der Waals surface area contributed by atoms with Crippen molar-refractivity contribution >= 4 is 10.2 Å². The summed E-state index contributed by atoms with van der Waals surface area (Å²) in [6.07, 6.45) is -4.41. The number of alkyl halides is 3. The molecule has 1 heterocycles. The van der Waals surface area contributed by atoms with Crippen molar-refractivity contribution in [3.63, 3.8) is 0 Å². The molecule has 0 radical (unpaired) electrons. The number of halogens is 3. The van der Waals surface area contributed by atoms with E-state index < -0.39 is 28.0 Å². The third-order valence-corrected chi connectivity index (χ3v) is 5.40. The molecule has 1 N–H and O–H groups in total. The van der Waals surface area contributed by atoms with E-state index in [9.17, 15) is 21.6 Å². The van der Waals surface area contributed by atoms with E-state index in [1.54, 1.807) is 0 Å². The number of benzene rings is 2. The number of rotatable bonds is 3. The zero-order chi connectivity index (χ0) is 17.4. The predicted octanol–water partition coefficient (Wildman–Crippen LogP) is 3.10. The van der Waals surface area contributed by atoms with E-state index in [1.165, 1.54) is 16.4 Å². The lowest BCUT2D eigenvalue weighted by molar-refractivity contribution is -0.137. The largest absolute Gasteiger partial charge is 0.416 e. The molecule has 128 valence electrons. The number of hydrogen-bond acceptors (Lipinski definition) is 2. The second kappa shape index (κ2) is 6.19. The van der Waals surface area contributed by atoms with Crippen LogP contribution in [0.2, 0.25) is 0 Å². The van der Waals surface area contributed by atoms with E-state index in [4.69, 9.17) is 0 Å². The second-order valence-corrected chi connectivity index (χ2v) is 7.28. The van der Waals surface area contributed by atoms with Gasteiger partial charge >= 0.3 is 6.18 Å². The van der Waals surface area contributed by atoms with Gasteiger partial charge in [0.1, 0.15) is 0 Å². The third-order valence-electron chi connectivity index (χ3n) is 3.86. The van der Waals surface area contributed by atoms with Gasteiger partial charge in [0.15, 0.2) is 0 Å². The zero-order valence-corrected chi connectivity index (χ0v) is 13.3. The highest BCUT2D eigenvalue weighted by Gasteiger charge is 2.36. The van der Waals surface area contributed by atoms with Gasteiger partial charge < -0.3 is 0 Å². The van der Waals surface area contributed by atoms with Gasteiger partial charge in [-0.1, -0.05) is 42.5 Å². The van der Waals surface area contributed by atoms with Gasteiger partial charge in [0.25, 0.3) is 10.2 Å². The van der Waals surface area contributed by atoms with Crippen LogP contribution in [0.5, 0.6) is 0 Å². The summed E-state index contributed by atoms with van der Waals surface area (Å²) in [5.41, 5.74) is 0.589. The first-order chi connectivity index (χ1) is 11.3. The van der Waals surface area contributed by atoms with Gasteiger partial charge in [0.05, 0.1) is 11.6 Å². The molecule has 24 heavy (non-hydrogen) atoms. The Morgan fingerprint density at radius 1 is 1.04 bits per heavy atom. The highest BCUT2D eigenvalue weighted by atomic mass is 32.2. The molecule has 1 saturated heterocycles. The van der Waals surface area contributed by atoms with Gasteiger partial charge in [0.2, 0.25) is 0 Å². The van der Waals surface area contributed by atoms with E-state index in [0.717, 1.165) is 17.7 Å². The second-order valence-electron chi connectivity index (χ2n) is 5.57. The maximum absolute atomic E-state index is 12.6. The molecule has 1 unspecified atom stereocenters. The van der Waals surface area contributed by atoms with Crippen LogP contribution >= 0.6 is 0 Å². The van der Waals surface area contributed by atoms with Crippen LogP contribution in [-0.4, -0.2) is 19.3 Å². The maximum Gasteiger partial charge on any atom is 0.416 e. The molecule has 2 aromatic carbocycles. The fraction of sp³-hybridized carbons (Fsp3) is 0.250. The molecule has 0 bridgehead atoms. The van der Waals surface area contributed by atoms with Gasteiger partial charge in [-0.05, 0) is 23.3 Å². The Hall–Kier alpha value is -1.90. The third kappa shape index (κ3) is 3.61. The van der Waals surface area contributed by atoms with Crippen LogP contribution in [0.3, 0.4) is 0 Å². The minimum atomic E-state index is -4.41. The zero-order valence-electron chi connectivity index (χ0n) is 12.5. The summed E-state index contributed by atoms with van der Waals surface area (Å²) in [6.45, 7) is 0.385. The number of nitrogens with one attached hydrogen (secondary N) is 1. The minimum absolute atomic E-state index is 0.169. The van der Waals surface area contributed by atoms with Crippen LogP contribution in [0.1, 0.15) is 22.7 Å². The molecule has 1 aliphatic rings. The van der Waals surface area contributed by atoms with Crippen LogP contribution in [0, 0.1) is 0 Å². The number of hydrogen-bond donors (Lipinski definition) is 1. The van der Waals surface area contributed by atoms with Crippen molar-refractivity contribution in [3.05, 3.63) is 71.3 Å². The lowest BCUT2D eigenvalue weighted by Crippen LogP contribution is -2.29. The first-order valence-electron chi connectivity index (χ1n) is 7.24. The molecule has 0 aromatic heterocycles. The van der Waals surface area contributed by atoms with Gasteiger partial charge in [-0.15, -0.1) is 0 Å². The molecule has 0 amide bonds.